The van der Waals surface area contributed by atoms with Gasteiger partial charge in [-0.3, -0.25) is 14.2 Å². The van der Waals surface area contributed by atoms with E-state index < -0.39 is 23.7 Å². The number of aromatic nitrogens is 2. The average molecular weight is 450 g/mol. The van der Waals surface area contributed by atoms with Crippen LogP contribution >= 0.6 is 0 Å². The lowest BCUT2D eigenvalue weighted by atomic mass is 10.1. The van der Waals surface area contributed by atoms with Crippen molar-refractivity contribution < 1.29 is 9.53 Å². The van der Waals surface area contributed by atoms with Gasteiger partial charge in [-0.05, 0) is 43.5 Å². The standard InChI is InChI=1S/C24H27N5O4/c1-27-22(25)21(28-14-8-3-9-15-28)23(31)29(24(27)32)16-20(30)26-18-12-6-7-13-19(18)33-17-10-4-2-5-11-17/h2,4-7,10-13H,3,8-9,14-16,25H2,1H3,(H,26,30). The number of carbonyl (C=O) groups excluding carboxylic acids is 1. The number of nitrogens with two attached hydrogens (primary N) is 1. The van der Waals surface area contributed by atoms with Crippen LogP contribution in [0.1, 0.15) is 19.3 Å². The van der Waals surface area contributed by atoms with E-state index in [1.165, 1.54) is 11.6 Å². The maximum atomic E-state index is 13.2. The Morgan fingerprint density at radius 3 is 2.39 bits per heavy atom. The van der Waals surface area contributed by atoms with Crippen molar-refractivity contribution >= 4 is 23.1 Å². The summed E-state index contributed by atoms with van der Waals surface area (Å²) in [7, 11) is 1.50. The fourth-order valence-corrected chi connectivity index (χ4v) is 3.93. The average Bonchev–Trinajstić information content (AvgIpc) is 2.83. The van der Waals surface area contributed by atoms with E-state index in [0.29, 0.717) is 30.3 Å². The fraction of sp³-hybridized carbons (Fsp3) is 0.292. The van der Waals surface area contributed by atoms with Gasteiger partial charge in [-0.25, -0.2) is 9.36 Å². The van der Waals surface area contributed by atoms with E-state index in [1.807, 2.05) is 23.1 Å². The van der Waals surface area contributed by atoms with Crippen molar-refractivity contribution in [2.24, 2.45) is 7.05 Å². The van der Waals surface area contributed by atoms with E-state index in [9.17, 15) is 14.4 Å². The van der Waals surface area contributed by atoms with Crippen LogP contribution in [0.2, 0.25) is 0 Å². The van der Waals surface area contributed by atoms with Crippen LogP contribution in [0.15, 0.2) is 64.2 Å². The smallest absolute Gasteiger partial charge is 0.332 e. The molecule has 9 heteroatoms. The van der Waals surface area contributed by atoms with Gasteiger partial charge in [0.1, 0.15) is 23.8 Å². The normalized spacial score (nSPS) is 13.5. The van der Waals surface area contributed by atoms with Crippen molar-refractivity contribution in [2.45, 2.75) is 25.8 Å². The third kappa shape index (κ3) is 4.77. The first-order valence-corrected chi connectivity index (χ1v) is 10.9. The lowest BCUT2D eigenvalue weighted by Gasteiger charge is -2.29. The number of piperidine rings is 1. The highest BCUT2D eigenvalue weighted by molar-refractivity contribution is 5.92. The van der Waals surface area contributed by atoms with Gasteiger partial charge in [-0.2, -0.15) is 0 Å². The van der Waals surface area contributed by atoms with Crippen molar-refractivity contribution in [3.63, 3.8) is 0 Å². The molecule has 2 aromatic carbocycles. The number of rotatable bonds is 6. The molecule has 0 atom stereocenters. The van der Waals surface area contributed by atoms with Gasteiger partial charge < -0.3 is 20.7 Å². The Hall–Kier alpha value is -4.01. The van der Waals surface area contributed by atoms with Crippen molar-refractivity contribution in [3.8, 4) is 11.5 Å². The van der Waals surface area contributed by atoms with Crippen LogP contribution in [0, 0.1) is 0 Å². The molecule has 9 nitrogen and oxygen atoms in total. The summed E-state index contributed by atoms with van der Waals surface area (Å²) in [5, 5.41) is 2.75. The Morgan fingerprint density at radius 2 is 1.67 bits per heavy atom. The Kier molecular flexibility index (Phi) is 6.48. The number of hydrogen-bond donors (Lipinski definition) is 2. The topological polar surface area (TPSA) is 112 Å². The molecule has 3 aromatic rings. The Morgan fingerprint density at radius 1 is 1.00 bits per heavy atom. The lowest BCUT2D eigenvalue weighted by molar-refractivity contribution is -0.116. The van der Waals surface area contributed by atoms with Gasteiger partial charge in [-0.1, -0.05) is 30.3 Å². The quantitative estimate of drug-likeness (QED) is 0.598. The highest BCUT2D eigenvalue weighted by Gasteiger charge is 2.23. The van der Waals surface area contributed by atoms with E-state index in [2.05, 4.69) is 5.32 Å². The van der Waals surface area contributed by atoms with Crippen LogP contribution in [-0.2, 0) is 18.4 Å². The molecule has 2 heterocycles. The number of carbonyl (C=O) groups is 1. The second-order valence-electron chi connectivity index (χ2n) is 7.97. The van der Waals surface area contributed by atoms with Gasteiger partial charge in [0.25, 0.3) is 5.56 Å². The zero-order chi connectivity index (χ0) is 23.4. The summed E-state index contributed by atoms with van der Waals surface area (Å²) in [5.41, 5.74) is 5.64. The number of ether oxygens (including phenoxy) is 1. The van der Waals surface area contributed by atoms with Gasteiger partial charge >= 0.3 is 5.69 Å². The van der Waals surface area contributed by atoms with Gasteiger partial charge in [0.15, 0.2) is 5.75 Å². The first kappa shape index (κ1) is 22.2. The molecule has 3 N–H and O–H groups in total. The molecule has 1 saturated heterocycles. The molecule has 0 radical (unpaired) electrons. The van der Waals surface area contributed by atoms with Gasteiger partial charge in [-0.15, -0.1) is 0 Å². The number of para-hydroxylation sites is 3. The molecule has 1 aliphatic heterocycles. The highest BCUT2D eigenvalue weighted by Crippen LogP contribution is 2.29. The van der Waals surface area contributed by atoms with Gasteiger partial charge in [0.2, 0.25) is 5.91 Å². The van der Waals surface area contributed by atoms with E-state index >= 15 is 0 Å². The molecule has 172 valence electrons. The summed E-state index contributed by atoms with van der Waals surface area (Å²) >= 11 is 0. The third-order valence-corrected chi connectivity index (χ3v) is 5.68. The van der Waals surface area contributed by atoms with Crippen LogP contribution in [0.4, 0.5) is 17.2 Å². The van der Waals surface area contributed by atoms with E-state index in [1.54, 1.807) is 36.4 Å². The van der Waals surface area contributed by atoms with Gasteiger partial charge in [0, 0.05) is 20.1 Å². The van der Waals surface area contributed by atoms with E-state index in [-0.39, 0.29) is 11.5 Å². The van der Waals surface area contributed by atoms with Crippen LogP contribution in [0.3, 0.4) is 0 Å². The number of anilines is 3. The summed E-state index contributed by atoms with van der Waals surface area (Å²) in [6, 6.07) is 16.2. The number of amides is 1. The summed E-state index contributed by atoms with van der Waals surface area (Å²) in [6.45, 7) is 0.939. The van der Waals surface area contributed by atoms with E-state index in [4.69, 9.17) is 10.5 Å². The molecule has 33 heavy (non-hydrogen) atoms. The minimum atomic E-state index is -0.637. The van der Waals surface area contributed by atoms with Crippen LogP contribution in [-0.4, -0.2) is 28.1 Å². The molecule has 4 rings (SSSR count). The third-order valence-electron chi connectivity index (χ3n) is 5.68. The molecular weight excluding hydrogens is 422 g/mol. The predicted octanol–water partition coefficient (Wildman–Crippen LogP) is 2.55. The van der Waals surface area contributed by atoms with Crippen molar-refractivity contribution in [1.29, 1.82) is 0 Å². The Bertz CT molecular complexity index is 1260. The van der Waals surface area contributed by atoms with E-state index in [0.717, 1.165) is 23.8 Å². The number of benzene rings is 2. The molecule has 0 spiro atoms. The molecule has 0 aliphatic carbocycles. The Balaban J connectivity index is 1.59. The first-order valence-electron chi connectivity index (χ1n) is 10.9. The molecule has 0 bridgehead atoms. The fourth-order valence-electron chi connectivity index (χ4n) is 3.93. The van der Waals surface area contributed by atoms with Crippen LogP contribution < -0.4 is 31.9 Å². The molecule has 1 fully saturated rings. The number of nitrogens with one attached hydrogen (secondary N) is 1. The summed E-state index contributed by atoms with van der Waals surface area (Å²) in [4.78, 5) is 40.7. The highest BCUT2D eigenvalue weighted by atomic mass is 16.5. The first-order chi connectivity index (χ1) is 16.0. The predicted molar refractivity (Wildman–Crippen MR) is 128 cm³/mol. The zero-order valence-electron chi connectivity index (χ0n) is 18.5. The molecule has 0 saturated carbocycles. The largest absolute Gasteiger partial charge is 0.455 e. The SMILES string of the molecule is Cn1c(N)c(N2CCCCC2)c(=O)n(CC(=O)Nc2ccccc2Oc2ccccc2)c1=O. The second kappa shape index (κ2) is 9.64. The lowest BCUT2D eigenvalue weighted by Crippen LogP contribution is -2.46. The van der Waals surface area contributed by atoms with Gasteiger partial charge in [0.05, 0.1) is 5.69 Å². The summed E-state index contributed by atoms with van der Waals surface area (Å²) < 4.78 is 8.01. The molecule has 1 aromatic heterocycles. The monoisotopic (exact) mass is 449 g/mol. The molecule has 1 amide bonds. The minimum Gasteiger partial charge on any atom is -0.455 e. The summed E-state index contributed by atoms with van der Waals surface area (Å²) in [5.74, 6) is 0.662. The maximum Gasteiger partial charge on any atom is 0.332 e. The molecule has 0 unspecified atom stereocenters. The number of hydrogen-bond acceptors (Lipinski definition) is 6. The van der Waals surface area contributed by atoms with Crippen LogP contribution in [0.5, 0.6) is 11.5 Å². The maximum absolute atomic E-state index is 13.2. The summed E-state index contributed by atoms with van der Waals surface area (Å²) in [6.07, 6.45) is 2.98. The van der Waals surface area contributed by atoms with Crippen molar-refractivity contribution in [2.75, 3.05) is 29.0 Å². The second-order valence-corrected chi connectivity index (χ2v) is 7.97. The zero-order valence-corrected chi connectivity index (χ0v) is 18.5. The minimum absolute atomic E-state index is 0.116. The van der Waals surface area contributed by atoms with Crippen molar-refractivity contribution in [1.82, 2.24) is 9.13 Å². The number of nitrogens with zero attached hydrogens (tertiary/aromatic N) is 3. The van der Waals surface area contributed by atoms with Crippen molar-refractivity contribution in [3.05, 3.63) is 75.4 Å². The molecule has 1 aliphatic rings. The molecular formula is C24H27N5O4. The number of nitrogen functional groups attached to an aromatic ring is 1. The Labute approximate surface area is 191 Å². The van der Waals surface area contributed by atoms with Crippen LogP contribution in [0.25, 0.3) is 0 Å².